The number of benzene rings is 1. The molecule has 0 spiro atoms. The Bertz CT molecular complexity index is 296. The Morgan fingerprint density at radius 3 is 2.53 bits per heavy atom. The average Bonchev–Trinajstić information content (AvgIpc) is 2.17. The molecule has 0 N–H and O–H groups in total. The van der Waals surface area contributed by atoms with Gasteiger partial charge in [-0.15, -0.1) is 11.6 Å². The van der Waals surface area contributed by atoms with Gasteiger partial charge in [-0.3, -0.25) is 0 Å². The first-order chi connectivity index (χ1) is 7.13. The molecular formula is C13H19ClO. The zero-order valence-electron chi connectivity index (χ0n) is 9.66. The Balaban J connectivity index is 2.63. The summed E-state index contributed by atoms with van der Waals surface area (Å²) < 4.78 is 5.29. The summed E-state index contributed by atoms with van der Waals surface area (Å²) >= 11 is 6.28. The van der Waals surface area contributed by atoms with E-state index in [0.29, 0.717) is 5.92 Å². The van der Waals surface area contributed by atoms with E-state index in [1.165, 1.54) is 5.56 Å². The number of para-hydroxylation sites is 1. The summed E-state index contributed by atoms with van der Waals surface area (Å²) in [7, 11) is 1.70. The Morgan fingerprint density at radius 2 is 1.93 bits per heavy atom. The maximum absolute atomic E-state index is 6.28. The van der Waals surface area contributed by atoms with Crippen molar-refractivity contribution in [3.63, 3.8) is 0 Å². The number of methoxy groups -OCH3 is 1. The molecule has 0 aliphatic heterocycles. The van der Waals surface area contributed by atoms with E-state index in [1.807, 2.05) is 18.2 Å². The van der Waals surface area contributed by atoms with Crippen LogP contribution in [0.1, 0.15) is 25.8 Å². The van der Waals surface area contributed by atoms with Crippen LogP contribution in [0.4, 0.5) is 0 Å². The fourth-order valence-electron chi connectivity index (χ4n) is 1.71. The van der Waals surface area contributed by atoms with Crippen molar-refractivity contribution in [2.24, 2.45) is 5.92 Å². The van der Waals surface area contributed by atoms with E-state index in [-0.39, 0.29) is 5.38 Å². The van der Waals surface area contributed by atoms with Gasteiger partial charge in [0.05, 0.1) is 7.11 Å². The van der Waals surface area contributed by atoms with Crippen molar-refractivity contribution in [3.8, 4) is 5.75 Å². The lowest BCUT2D eigenvalue weighted by Crippen LogP contribution is -2.08. The fourth-order valence-corrected chi connectivity index (χ4v) is 2.23. The van der Waals surface area contributed by atoms with Crippen LogP contribution in [0.5, 0.6) is 5.75 Å². The van der Waals surface area contributed by atoms with Crippen LogP contribution in [0.25, 0.3) is 0 Å². The molecular weight excluding hydrogens is 208 g/mol. The molecule has 0 saturated carbocycles. The Kier molecular flexibility index (Phi) is 4.97. The summed E-state index contributed by atoms with van der Waals surface area (Å²) in [6, 6.07) is 8.06. The summed E-state index contributed by atoms with van der Waals surface area (Å²) in [5.41, 5.74) is 1.20. The smallest absolute Gasteiger partial charge is 0.122 e. The molecule has 0 bridgehead atoms. The Labute approximate surface area is 97.4 Å². The zero-order valence-corrected chi connectivity index (χ0v) is 10.4. The molecule has 0 aromatic heterocycles. The largest absolute Gasteiger partial charge is 0.496 e. The van der Waals surface area contributed by atoms with Gasteiger partial charge in [0.1, 0.15) is 5.75 Å². The van der Waals surface area contributed by atoms with Gasteiger partial charge in [0, 0.05) is 5.38 Å². The third-order valence-corrected chi connectivity index (χ3v) is 2.69. The molecule has 1 aromatic rings. The normalized spacial score (nSPS) is 12.9. The quantitative estimate of drug-likeness (QED) is 0.693. The molecule has 1 unspecified atom stereocenters. The Hall–Kier alpha value is -0.690. The highest BCUT2D eigenvalue weighted by Crippen LogP contribution is 2.23. The lowest BCUT2D eigenvalue weighted by atomic mass is 10.0. The maximum atomic E-state index is 6.28. The molecule has 84 valence electrons. The van der Waals surface area contributed by atoms with Crippen molar-refractivity contribution < 1.29 is 4.74 Å². The van der Waals surface area contributed by atoms with Crippen LogP contribution in [0, 0.1) is 5.92 Å². The highest BCUT2D eigenvalue weighted by atomic mass is 35.5. The highest BCUT2D eigenvalue weighted by molar-refractivity contribution is 6.20. The van der Waals surface area contributed by atoms with Gasteiger partial charge in [0.25, 0.3) is 0 Å². The van der Waals surface area contributed by atoms with Gasteiger partial charge in [0.15, 0.2) is 0 Å². The van der Waals surface area contributed by atoms with E-state index in [1.54, 1.807) is 7.11 Å². The van der Waals surface area contributed by atoms with Crippen LogP contribution in [0.3, 0.4) is 0 Å². The highest BCUT2D eigenvalue weighted by Gasteiger charge is 2.11. The molecule has 1 atom stereocenters. The van der Waals surface area contributed by atoms with Crippen LogP contribution in [0.15, 0.2) is 24.3 Å². The lowest BCUT2D eigenvalue weighted by molar-refractivity contribution is 0.408. The summed E-state index contributed by atoms with van der Waals surface area (Å²) in [4.78, 5) is 0. The number of halogens is 1. The van der Waals surface area contributed by atoms with Crippen LogP contribution < -0.4 is 4.74 Å². The molecule has 0 aliphatic carbocycles. The fraction of sp³-hybridized carbons (Fsp3) is 0.538. The molecule has 0 radical (unpaired) electrons. The second-order valence-corrected chi connectivity index (χ2v) is 4.86. The van der Waals surface area contributed by atoms with Gasteiger partial charge in [-0.1, -0.05) is 32.0 Å². The first-order valence-corrected chi connectivity index (χ1v) is 5.83. The minimum absolute atomic E-state index is 0.196. The van der Waals surface area contributed by atoms with Crippen molar-refractivity contribution in [1.82, 2.24) is 0 Å². The third-order valence-electron chi connectivity index (χ3n) is 2.36. The van der Waals surface area contributed by atoms with Gasteiger partial charge in [0.2, 0.25) is 0 Å². The maximum Gasteiger partial charge on any atom is 0.122 e. The minimum Gasteiger partial charge on any atom is -0.496 e. The first kappa shape index (κ1) is 12.4. The number of hydrogen-bond acceptors (Lipinski definition) is 1. The van der Waals surface area contributed by atoms with Gasteiger partial charge in [-0.25, -0.2) is 0 Å². The molecule has 1 nitrogen and oxygen atoms in total. The van der Waals surface area contributed by atoms with Crippen LogP contribution >= 0.6 is 11.6 Å². The van der Waals surface area contributed by atoms with Gasteiger partial charge < -0.3 is 4.74 Å². The SMILES string of the molecule is COc1ccccc1CC(Cl)CC(C)C. The second kappa shape index (κ2) is 6.02. The molecule has 15 heavy (non-hydrogen) atoms. The molecule has 0 fully saturated rings. The third kappa shape index (κ3) is 4.13. The summed E-state index contributed by atoms with van der Waals surface area (Å²) in [5, 5.41) is 0.196. The lowest BCUT2D eigenvalue weighted by Gasteiger charge is -2.14. The van der Waals surface area contributed by atoms with Crippen molar-refractivity contribution in [2.45, 2.75) is 32.1 Å². The summed E-state index contributed by atoms with van der Waals surface area (Å²) in [6.07, 6.45) is 1.92. The summed E-state index contributed by atoms with van der Waals surface area (Å²) in [5.74, 6) is 1.58. The van der Waals surface area contributed by atoms with E-state index in [9.17, 15) is 0 Å². The molecule has 0 saturated heterocycles. The number of hydrogen-bond donors (Lipinski definition) is 0. The van der Waals surface area contributed by atoms with E-state index in [4.69, 9.17) is 16.3 Å². The second-order valence-electron chi connectivity index (χ2n) is 4.24. The van der Waals surface area contributed by atoms with Crippen molar-refractivity contribution in [3.05, 3.63) is 29.8 Å². The standard InChI is InChI=1S/C13H19ClO/c1-10(2)8-12(14)9-11-6-4-5-7-13(11)15-3/h4-7,10,12H,8-9H2,1-3H3. The number of rotatable bonds is 5. The summed E-state index contributed by atoms with van der Waals surface area (Å²) in [6.45, 7) is 4.38. The van der Waals surface area contributed by atoms with E-state index in [2.05, 4.69) is 19.9 Å². The van der Waals surface area contributed by atoms with E-state index in [0.717, 1.165) is 18.6 Å². The first-order valence-electron chi connectivity index (χ1n) is 5.39. The van der Waals surface area contributed by atoms with E-state index < -0.39 is 0 Å². The van der Waals surface area contributed by atoms with Gasteiger partial charge in [-0.05, 0) is 30.4 Å². The van der Waals surface area contributed by atoms with Crippen LogP contribution in [-0.2, 0) is 6.42 Å². The number of alkyl halides is 1. The number of ether oxygens (including phenoxy) is 1. The van der Waals surface area contributed by atoms with E-state index >= 15 is 0 Å². The molecule has 1 aromatic carbocycles. The van der Waals surface area contributed by atoms with Crippen molar-refractivity contribution in [2.75, 3.05) is 7.11 Å². The van der Waals surface area contributed by atoms with Crippen LogP contribution in [-0.4, -0.2) is 12.5 Å². The predicted molar refractivity (Wildman–Crippen MR) is 65.8 cm³/mol. The average molecular weight is 227 g/mol. The topological polar surface area (TPSA) is 9.23 Å². The minimum atomic E-state index is 0.196. The van der Waals surface area contributed by atoms with Gasteiger partial charge in [-0.2, -0.15) is 0 Å². The van der Waals surface area contributed by atoms with Crippen LogP contribution in [0.2, 0.25) is 0 Å². The molecule has 1 rings (SSSR count). The van der Waals surface area contributed by atoms with Gasteiger partial charge >= 0.3 is 0 Å². The predicted octanol–water partition coefficient (Wildman–Crippen LogP) is 3.89. The van der Waals surface area contributed by atoms with Crippen molar-refractivity contribution >= 4 is 11.6 Å². The monoisotopic (exact) mass is 226 g/mol. The molecule has 2 heteroatoms. The zero-order chi connectivity index (χ0) is 11.3. The molecule has 0 amide bonds. The van der Waals surface area contributed by atoms with Crippen molar-refractivity contribution in [1.29, 1.82) is 0 Å². The molecule has 0 heterocycles. The Morgan fingerprint density at radius 1 is 1.27 bits per heavy atom. The molecule has 0 aliphatic rings.